The Kier molecular flexibility index (Phi) is 2.47. The number of hydrogen-bond acceptors (Lipinski definition) is 3. The normalized spacial score (nSPS) is 23.0. The van der Waals surface area contributed by atoms with Gasteiger partial charge < -0.3 is 5.32 Å². The van der Waals surface area contributed by atoms with E-state index in [9.17, 15) is 0 Å². The zero-order valence-corrected chi connectivity index (χ0v) is 12.6. The molecule has 2 atom stereocenters. The highest BCUT2D eigenvalue weighted by Crippen LogP contribution is 2.36. The molecular formula is C18H18N4. The van der Waals surface area contributed by atoms with Gasteiger partial charge in [0.25, 0.3) is 0 Å². The number of aryl methyl sites for hydroxylation is 1. The minimum atomic E-state index is 0.469. The van der Waals surface area contributed by atoms with E-state index >= 15 is 0 Å². The van der Waals surface area contributed by atoms with Crippen LogP contribution in [0.3, 0.4) is 0 Å². The molecule has 0 amide bonds. The molecule has 3 aromatic rings. The Labute approximate surface area is 129 Å². The van der Waals surface area contributed by atoms with Gasteiger partial charge in [0.15, 0.2) is 5.65 Å². The second-order valence-electron chi connectivity index (χ2n) is 6.47. The van der Waals surface area contributed by atoms with Crippen LogP contribution in [0.15, 0.2) is 36.5 Å². The van der Waals surface area contributed by atoms with Crippen molar-refractivity contribution < 1.29 is 0 Å². The molecule has 4 nitrogen and oxygen atoms in total. The lowest BCUT2D eigenvalue weighted by Crippen LogP contribution is -2.33. The van der Waals surface area contributed by atoms with Crippen LogP contribution < -0.4 is 5.32 Å². The van der Waals surface area contributed by atoms with E-state index in [0.29, 0.717) is 12.1 Å². The fraction of sp³-hybridized carbons (Fsp3) is 0.333. The van der Waals surface area contributed by atoms with Gasteiger partial charge >= 0.3 is 0 Å². The smallest absolute Gasteiger partial charge is 0.155 e. The molecule has 0 radical (unpaired) electrons. The van der Waals surface area contributed by atoms with Gasteiger partial charge in [-0.2, -0.15) is 5.10 Å². The Morgan fingerprint density at radius 3 is 3.05 bits per heavy atom. The average molecular weight is 290 g/mol. The Morgan fingerprint density at radius 2 is 2.14 bits per heavy atom. The van der Waals surface area contributed by atoms with Crippen molar-refractivity contribution in [1.29, 1.82) is 0 Å². The molecule has 22 heavy (non-hydrogen) atoms. The Morgan fingerprint density at radius 1 is 1.23 bits per heavy atom. The predicted octanol–water partition coefficient (Wildman–Crippen LogP) is 3.05. The maximum Gasteiger partial charge on any atom is 0.155 e. The molecule has 2 aliphatic heterocycles. The lowest BCUT2D eigenvalue weighted by Gasteiger charge is -2.24. The van der Waals surface area contributed by atoms with Crippen molar-refractivity contribution in [3.05, 3.63) is 53.3 Å². The third-order valence-corrected chi connectivity index (χ3v) is 5.09. The third kappa shape index (κ3) is 1.67. The maximum absolute atomic E-state index is 4.88. The zero-order valence-electron chi connectivity index (χ0n) is 12.6. The SMILES string of the molecule is Cc1ccccc1-c1cc2ncc3c(n2n1)C[C@H]1CC[C@@H]3N1. The molecule has 1 saturated heterocycles. The summed E-state index contributed by atoms with van der Waals surface area (Å²) in [5.41, 5.74) is 7.10. The van der Waals surface area contributed by atoms with E-state index in [-0.39, 0.29) is 0 Å². The van der Waals surface area contributed by atoms with Crippen LogP contribution in [-0.2, 0) is 6.42 Å². The van der Waals surface area contributed by atoms with E-state index in [4.69, 9.17) is 5.10 Å². The largest absolute Gasteiger partial charge is 0.307 e. The minimum Gasteiger partial charge on any atom is -0.307 e. The van der Waals surface area contributed by atoms with Gasteiger partial charge in [-0.1, -0.05) is 24.3 Å². The number of fused-ring (bicyclic) bond motifs is 6. The second-order valence-corrected chi connectivity index (χ2v) is 6.47. The molecule has 1 fully saturated rings. The highest BCUT2D eigenvalue weighted by molar-refractivity contribution is 5.67. The van der Waals surface area contributed by atoms with Crippen molar-refractivity contribution >= 4 is 5.65 Å². The highest BCUT2D eigenvalue weighted by atomic mass is 15.3. The number of benzene rings is 1. The fourth-order valence-electron chi connectivity index (χ4n) is 3.94. The highest BCUT2D eigenvalue weighted by Gasteiger charge is 2.34. The summed E-state index contributed by atoms with van der Waals surface area (Å²) < 4.78 is 2.07. The molecule has 2 bridgehead atoms. The molecule has 1 N–H and O–H groups in total. The summed E-state index contributed by atoms with van der Waals surface area (Å²) in [4.78, 5) is 4.65. The summed E-state index contributed by atoms with van der Waals surface area (Å²) in [6.07, 6.45) is 5.58. The number of hydrogen-bond donors (Lipinski definition) is 1. The number of rotatable bonds is 1. The number of nitrogens with one attached hydrogen (secondary N) is 1. The first-order chi connectivity index (χ1) is 10.8. The maximum atomic E-state index is 4.88. The first-order valence-corrected chi connectivity index (χ1v) is 7.99. The second kappa shape index (κ2) is 4.40. The molecule has 0 saturated carbocycles. The van der Waals surface area contributed by atoms with E-state index in [1.807, 2.05) is 6.20 Å². The van der Waals surface area contributed by atoms with Crippen molar-refractivity contribution in [2.45, 2.75) is 38.3 Å². The van der Waals surface area contributed by atoms with Gasteiger partial charge in [0.2, 0.25) is 0 Å². The monoisotopic (exact) mass is 290 g/mol. The topological polar surface area (TPSA) is 42.2 Å². The first-order valence-electron chi connectivity index (χ1n) is 7.99. The van der Waals surface area contributed by atoms with Crippen molar-refractivity contribution in [2.75, 3.05) is 0 Å². The molecule has 4 heteroatoms. The van der Waals surface area contributed by atoms with E-state index in [0.717, 1.165) is 17.8 Å². The van der Waals surface area contributed by atoms with Crippen molar-refractivity contribution in [1.82, 2.24) is 19.9 Å². The van der Waals surface area contributed by atoms with Gasteiger partial charge in [0.05, 0.1) is 11.4 Å². The molecule has 2 aliphatic rings. The Hall–Kier alpha value is -2.20. The molecule has 0 unspecified atom stereocenters. The summed E-state index contributed by atoms with van der Waals surface area (Å²) in [6.45, 7) is 2.13. The minimum absolute atomic E-state index is 0.469. The summed E-state index contributed by atoms with van der Waals surface area (Å²) >= 11 is 0. The Bertz CT molecular complexity index is 880. The van der Waals surface area contributed by atoms with Crippen molar-refractivity contribution in [3.63, 3.8) is 0 Å². The summed E-state index contributed by atoms with van der Waals surface area (Å²) in [5.74, 6) is 0. The number of nitrogens with zero attached hydrogens (tertiary/aromatic N) is 3. The van der Waals surface area contributed by atoms with Crippen LogP contribution in [0.5, 0.6) is 0 Å². The molecule has 0 spiro atoms. The van der Waals surface area contributed by atoms with E-state index in [1.54, 1.807) is 0 Å². The predicted molar refractivity (Wildman–Crippen MR) is 85.8 cm³/mol. The van der Waals surface area contributed by atoms with Crippen LogP contribution >= 0.6 is 0 Å². The van der Waals surface area contributed by atoms with E-state index in [2.05, 4.69) is 52.1 Å². The van der Waals surface area contributed by atoms with Gasteiger partial charge in [-0.3, -0.25) is 0 Å². The molecule has 1 aromatic carbocycles. The molecule has 5 rings (SSSR count). The summed E-state index contributed by atoms with van der Waals surface area (Å²) in [7, 11) is 0. The quantitative estimate of drug-likeness (QED) is 0.749. The molecule has 4 heterocycles. The lowest BCUT2D eigenvalue weighted by molar-refractivity contribution is 0.496. The molecular weight excluding hydrogens is 272 g/mol. The van der Waals surface area contributed by atoms with E-state index in [1.165, 1.54) is 35.2 Å². The average Bonchev–Trinajstić information content (AvgIpc) is 3.12. The van der Waals surface area contributed by atoms with Crippen molar-refractivity contribution in [2.24, 2.45) is 0 Å². The zero-order chi connectivity index (χ0) is 14.7. The summed E-state index contributed by atoms with van der Waals surface area (Å²) in [5, 5.41) is 8.56. The lowest BCUT2D eigenvalue weighted by atomic mass is 10.0. The van der Waals surface area contributed by atoms with E-state index < -0.39 is 0 Å². The number of aromatic nitrogens is 3. The first kappa shape index (κ1) is 12.4. The van der Waals surface area contributed by atoms with Crippen molar-refractivity contribution in [3.8, 4) is 11.3 Å². The van der Waals surface area contributed by atoms with Gasteiger partial charge in [-0.05, 0) is 25.3 Å². The van der Waals surface area contributed by atoms with Crippen LogP contribution in [0.4, 0.5) is 0 Å². The van der Waals surface area contributed by atoms with Gasteiger partial charge in [0, 0.05) is 41.9 Å². The Balaban J connectivity index is 1.72. The molecule has 110 valence electrons. The van der Waals surface area contributed by atoms with Crippen LogP contribution in [-0.4, -0.2) is 20.6 Å². The van der Waals surface area contributed by atoms with Crippen LogP contribution in [0, 0.1) is 6.92 Å². The molecule has 2 aromatic heterocycles. The van der Waals surface area contributed by atoms with Crippen LogP contribution in [0.25, 0.3) is 16.9 Å². The van der Waals surface area contributed by atoms with Gasteiger partial charge in [0.1, 0.15) is 0 Å². The summed E-state index contributed by atoms with van der Waals surface area (Å²) in [6, 6.07) is 11.6. The standard InChI is InChI=1S/C18H18N4/c1-11-4-2-3-5-13(11)16-9-18-19-10-14-15-7-6-12(20-15)8-17(14)22(18)21-16/h2-5,9-10,12,15,20H,6-8H2,1H3/t12-,15+/m1/s1. The molecule has 0 aliphatic carbocycles. The van der Waals surface area contributed by atoms with Gasteiger partial charge in [-0.25, -0.2) is 9.50 Å². The van der Waals surface area contributed by atoms with Crippen LogP contribution in [0.2, 0.25) is 0 Å². The van der Waals surface area contributed by atoms with Gasteiger partial charge in [-0.15, -0.1) is 0 Å². The third-order valence-electron chi connectivity index (χ3n) is 5.09. The van der Waals surface area contributed by atoms with Crippen LogP contribution in [0.1, 0.15) is 35.7 Å². The fourth-order valence-corrected chi connectivity index (χ4v) is 3.94.